The second-order valence-corrected chi connectivity index (χ2v) is 1.22. The molecule has 0 amide bonds. The van der Waals surface area contributed by atoms with E-state index in [2.05, 4.69) is 0 Å². The molecule has 0 radical (unpaired) electrons. The van der Waals surface area contributed by atoms with Crippen molar-refractivity contribution in [2.45, 2.75) is 0 Å². The summed E-state index contributed by atoms with van der Waals surface area (Å²) in [7, 11) is -5.17. The SMILES string of the molecule is O.O=S(=O)([O-])[O-].[O]=[V]. The standard InChI is InChI=1S/H2O4S.H2O.O.V/c1-5(2,3)4;;;/h(H2,1,2,3,4);1H2;;/p-2. The van der Waals surface area contributed by atoms with Gasteiger partial charge in [-0.25, -0.2) is 0 Å². The molecule has 0 aromatic carbocycles. The van der Waals surface area contributed by atoms with Crippen LogP contribution in [0.25, 0.3) is 0 Å². The zero-order valence-electron chi connectivity index (χ0n) is 3.40. The van der Waals surface area contributed by atoms with Crippen LogP contribution in [0, 0.1) is 0 Å². The molecule has 8 heteroatoms. The Morgan fingerprint density at radius 1 is 1.12 bits per heavy atom. The van der Waals surface area contributed by atoms with Crippen molar-refractivity contribution in [3.63, 3.8) is 0 Å². The molecule has 0 aromatic heterocycles. The molecule has 2 N–H and O–H groups in total. The van der Waals surface area contributed by atoms with E-state index in [0.717, 1.165) is 17.4 Å². The van der Waals surface area contributed by atoms with E-state index < -0.39 is 10.4 Å². The quantitative estimate of drug-likeness (QED) is 0.307. The van der Waals surface area contributed by atoms with Gasteiger partial charge in [0.25, 0.3) is 0 Å². The number of hydrogen-bond donors (Lipinski definition) is 0. The van der Waals surface area contributed by atoms with Crippen molar-refractivity contribution in [3.05, 3.63) is 0 Å². The van der Waals surface area contributed by atoms with Crippen molar-refractivity contribution in [3.8, 4) is 0 Å². The molecule has 51 valence electrons. The molecule has 0 aromatic rings. The fraction of sp³-hybridized carbons (Fsp3) is 0. The van der Waals surface area contributed by atoms with Gasteiger partial charge in [-0.3, -0.25) is 8.42 Å². The van der Waals surface area contributed by atoms with Gasteiger partial charge >= 0.3 is 21.0 Å². The Morgan fingerprint density at radius 2 is 1.12 bits per heavy atom. The summed E-state index contributed by atoms with van der Waals surface area (Å²) in [4.78, 5) is 0. The average molecular weight is 181 g/mol. The summed E-state index contributed by atoms with van der Waals surface area (Å²) < 4.78 is 42.3. The van der Waals surface area contributed by atoms with E-state index in [1.54, 1.807) is 0 Å². The van der Waals surface area contributed by atoms with Crippen molar-refractivity contribution in [2.75, 3.05) is 0 Å². The predicted octanol–water partition coefficient (Wildman–Crippen LogP) is -2.28. The van der Waals surface area contributed by atoms with E-state index in [0.29, 0.717) is 0 Å². The summed E-state index contributed by atoms with van der Waals surface area (Å²) in [6.45, 7) is 0. The third kappa shape index (κ3) is 3680. The second kappa shape index (κ2) is 7.21. The van der Waals surface area contributed by atoms with Crippen molar-refractivity contribution in [2.24, 2.45) is 0 Å². The van der Waals surface area contributed by atoms with Gasteiger partial charge in [-0.15, -0.1) is 0 Å². The van der Waals surface area contributed by atoms with Crippen LogP contribution in [0.15, 0.2) is 0 Å². The molecule has 6 nitrogen and oxygen atoms in total. The molecular formula is H2O6SV-2. The minimum absolute atomic E-state index is 0. The fourth-order valence-electron chi connectivity index (χ4n) is 0. The molecule has 0 aliphatic heterocycles. The third-order valence-electron chi connectivity index (χ3n) is 0. The van der Waals surface area contributed by atoms with Crippen LogP contribution in [-0.4, -0.2) is 23.0 Å². The summed E-state index contributed by atoms with van der Waals surface area (Å²) in [6.07, 6.45) is 0. The Bertz CT molecular complexity index is 102. The molecular weight excluding hydrogens is 179 g/mol. The van der Waals surface area contributed by atoms with Gasteiger partial charge in [-0.1, -0.05) is 0 Å². The van der Waals surface area contributed by atoms with Gasteiger partial charge in [-0.2, -0.15) is 0 Å². The first-order valence-corrected chi connectivity index (χ1v) is 2.75. The van der Waals surface area contributed by atoms with Crippen LogP contribution in [0.4, 0.5) is 0 Å². The van der Waals surface area contributed by atoms with Gasteiger partial charge in [-0.05, 0) is 0 Å². The molecule has 0 fully saturated rings. The molecule has 8 heavy (non-hydrogen) atoms. The number of rotatable bonds is 0. The van der Waals surface area contributed by atoms with E-state index in [1.165, 1.54) is 0 Å². The van der Waals surface area contributed by atoms with Crippen LogP contribution in [0.1, 0.15) is 0 Å². The molecule has 0 saturated heterocycles. The first-order chi connectivity index (χ1) is 3.00. The van der Waals surface area contributed by atoms with E-state index in [-0.39, 0.29) is 5.48 Å². The Hall–Kier alpha value is 0.214. The van der Waals surface area contributed by atoms with E-state index in [4.69, 9.17) is 21.2 Å². The van der Waals surface area contributed by atoms with E-state index in [1.807, 2.05) is 0 Å². The number of hydrogen-bond acceptors (Lipinski definition) is 5. The van der Waals surface area contributed by atoms with Crippen LogP contribution >= 0.6 is 0 Å². The zero-order chi connectivity index (χ0) is 6.50. The zero-order valence-corrected chi connectivity index (χ0v) is 5.61. The molecule has 0 spiro atoms. The van der Waals surface area contributed by atoms with Crippen LogP contribution in [0.3, 0.4) is 0 Å². The first-order valence-electron chi connectivity index (χ1n) is 0.849. The molecule has 0 saturated carbocycles. The van der Waals surface area contributed by atoms with E-state index >= 15 is 0 Å². The van der Waals surface area contributed by atoms with Gasteiger partial charge < -0.3 is 14.6 Å². The maximum absolute atomic E-state index is 8.52. The predicted molar refractivity (Wildman–Crippen MR) is 14.8 cm³/mol. The first kappa shape index (κ1) is 15.7. The summed E-state index contributed by atoms with van der Waals surface area (Å²) in [5, 5.41) is 0. The minimum atomic E-state index is -5.17. The van der Waals surface area contributed by atoms with Gasteiger partial charge in [0.1, 0.15) is 0 Å². The third-order valence-corrected chi connectivity index (χ3v) is 0. The molecule has 0 aliphatic rings. The van der Waals surface area contributed by atoms with Crippen molar-refractivity contribution >= 4 is 10.4 Å². The Kier molecular flexibility index (Phi) is 14.2. The summed E-state index contributed by atoms with van der Waals surface area (Å²) in [6, 6.07) is 0. The van der Waals surface area contributed by atoms with E-state index in [9.17, 15) is 0 Å². The monoisotopic (exact) mass is 181 g/mol. The van der Waals surface area contributed by atoms with Crippen LogP contribution in [0.2, 0.25) is 0 Å². The van der Waals surface area contributed by atoms with Gasteiger partial charge in [0, 0.05) is 10.4 Å². The van der Waals surface area contributed by atoms with Crippen molar-refractivity contribution < 1.29 is 44.0 Å². The van der Waals surface area contributed by atoms with Crippen LogP contribution in [-0.2, 0) is 31.4 Å². The summed E-state index contributed by atoms with van der Waals surface area (Å²) in [5.41, 5.74) is 0. The molecule has 0 bridgehead atoms. The normalized spacial score (nSPS) is 7.62. The fourth-order valence-corrected chi connectivity index (χ4v) is 0. The Morgan fingerprint density at radius 3 is 1.12 bits per heavy atom. The topological polar surface area (TPSA) is 129 Å². The molecule has 0 rings (SSSR count). The summed E-state index contributed by atoms with van der Waals surface area (Å²) >= 11 is 1.06. The van der Waals surface area contributed by atoms with Crippen molar-refractivity contribution in [1.82, 2.24) is 0 Å². The van der Waals surface area contributed by atoms with Gasteiger partial charge in [0.05, 0.1) is 0 Å². The molecule has 0 unspecified atom stereocenters. The Balaban J connectivity index is -0.0000000750. The van der Waals surface area contributed by atoms with Crippen molar-refractivity contribution in [1.29, 1.82) is 0 Å². The summed E-state index contributed by atoms with van der Waals surface area (Å²) in [5.74, 6) is 0. The maximum atomic E-state index is 8.52. The molecule has 0 heterocycles. The van der Waals surface area contributed by atoms with Gasteiger partial charge in [0.2, 0.25) is 0 Å². The molecule has 0 aliphatic carbocycles. The Labute approximate surface area is 55.0 Å². The van der Waals surface area contributed by atoms with Gasteiger partial charge in [0.15, 0.2) is 0 Å². The average Bonchev–Trinajstić information content (AvgIpc) is 1.36. The van der Waals surface area contributed by atoms with Crippen LogP contribution in [0.5, 0.6) is 0 Å². The second-order valence-electron chi connectivity index (χ2n) is 0.408. The molecule has 0 atom stereocenters. The van der Waals surface area contributed by atoms with Crippen LogP contribution < -0.4 is 0 Å².